The molecule has 0 unspecified atom stereocenters. The topological polar surface area (TPSA) is 90.7 Å². The average Bonchev–Trinajstić information content (AvgIpc) is 3.27. The Labute approximate surface area is 180 Å². The highest BCUT2D eigenvalue weighted by Gasteiger charge is 2.19. The molecule has 1 heterocycles. The number of aromatic nitrogens is 1. The first-order valence-electron chi connectivity index (χ1n) is 9.66. The summed E-state index contributed by atoms with van der Waals surface area (Å²) < 4.78 is 44.5. The molecule has 1 N–H and O–H groups in total. The summed E-state index contributed by atoms with van der Waals surface area (Å²) >= 11 is 0. The van der Waals surface area contributed by atoms with Crippen LogP contribution in [0.25, 0.3) is 22.2 Å². The Morgan fingerprint density at radius 1 is 0.935 bits per heavy atom. The van der Waals surface area contributed by atoms with E-state index < -0.39 is 10.0 Å². The van der Waals surface area contributed by atoms with Gasteiger partial charge in [0.15, 0.2) is 0 Å². The lowest BCUT2D eigenvalue weighted by molar-refractivity contribution is 0.415. The molecule has 0 saturated carbocycles. The first kappa shape index (κ1) is 20.9. The molecule has 0 aliphatic heterocycles. The molecule has 0 saturated heterocycles. The highest BCUT2D eigenvalue weighted by atomic mass is 32.2. The molecule has 4 aromatic rings. The van der Waals surface area contributed by atoms with Crippen molar-refractivity contribution in [2.75, 3.05) is 20.8 Å². The summed E-state index contributed by atoms with van der Waals surface area (Å²) in [4.78, 5) is 4.65. The molecule has 0 amide bonds. The molecule has 3 aromatic carbocycles. The van der Waals surface area contributed by atoms with Crippen LogP contribution in [0.2, 0.25) is 0 Å². The molecule has 8 heteroatoms. The van der Waals surface area contributed by atoms with Crippen LogP contribution < -0.4 is 14.2 Å². The summed E-state index contributed by atoms with van der Waals surface area (Å²) in [5.41, 5.74) is 1.48. The summed E-state index contributed by atoms with van der Waals surface area (Å²) in [5.74, 6) is 1.85. The fourth-order valence-electron chi connectivity index (χ4n) is 3.34. The van der Waals surface area contributed by atoms with E-state index in [0.29, 0.717) is 29.1 Å². The highest BCUT2D eigenvalue weighted by Crippen LogP contribution is 2.30. The van der Waals surface area contributed by atoms with Crippen molar-refractivity contribution >= 4 is 20.8 Å². The normalized spacial score (nSPS) is 11.5. The molecule has 0 atom stereocenters. The SMILES string of the molecule is COc1ccc(-c2nc(CCNS(=O)(=O)c3ccc(OC)c4ccccc34)co2)cc1. The van der Waals surface area contributed by atoms with Gasteiger partial charge in [-0.15, -0.1) is 0 Å². The standard InChI is InChI=1S/C23H22N2O5S/c1-28-18-9-7-16(8-10-18)23-25-17(15-30-23)13-14-24-31(26,27)22-12-11-21(29-2)19-5-3-4-6-20(19)22/h3-12,15,24H,13-14H2,1-2H3. The predicted octanol–water partition coefficient (Wildman–Crippen LogP) is 4.03. The number of ether oxygens (including phenoxy) is 2. The number of hydrogen-bond donors (Lipinski definition) is 1. The number of nitrogens with zero attached hydrogens (tertiary/aromatic N) is 1. The van der Waals surface area contributed by atoms with Crippen LogP contribution in [0.4, 0.5) is 0 Å². The minimum Gasteiger partial charge on any atom is -0.497 e. The lowest BCUT2D eigenvalue weighted by Crippen LogP contribution is -2.26. The fraction of sp³-hybridized carbons (Fsp3) is 0.174. The van der Waals surface area contributed by atoms with Gasteiger partial charge in [0, 0.05) is 29.3 Å². The molecular weight excluding hydrogens is 416 g/mol. The van der Waals surface area contributed by atoms with Crippen LogP contribution in [-0.2, 0) is 16.4 Å². The van der Waals surface area contributed by atoms with E-state index in [1.165, 1.54) is 6.26 Å². The molecule has 0 radical (unpaired) electrons. The highest BCUT2D eigenvalue weighted by molar-refractivity contribution is 7.89. The number of fused-ring (bicyclic) bond motifs is 1. The zero-order chi connectivity index (χ0) is 21.8. The molecule has 0 spiro atoms. The quantitative estimate of drug-likeness (QED) is 0.447. The second-order valence-electron chi connectivity index (χ2n) is 6.83. The fourth-order valence-corrected chi connectivity index (χ4v) is 4.58. The Balaban J connectivity index is 1.46. The van der Waals surface area contributed by atoms with E-state index in [-0.39, 0.29) is 11.4 Å². The minimum atomic E-state index is -3.71. The van der Waals surface area contributed by atoms with Gasteiger partial charge in [0.2, 0.25) is 15.9 Å². The first-order chi connectivity index (χ1) is 15.0. The molecule has 1 aromatic heterocycles. The predicted molar refractivity (Wildman–Crippen MR) is 118 cm³/mol. The molecule has 160 valence electrons. The Morgan fingerprint density at radius 2 is 1.68 bits per heavy atom. The van der Waals surface area contributed by atoms with Crippen molar-refractivity contribution in [1.29, 1.82) is 0 Å². The molecule has 0 aliphatic carbocycles. The number of sulfonamides is 1. The summed E-state index contributed by atoms with van der Waals surface area (Å²) in [6.45, 7) is 0.192. The smallest absolute Gasteiger partial charge is 0.241 e. The van der Waals surface area contributed by atoms with Crippen LogP contribution in [0.1, 0.15) is 5.69 Å². The number of oxazole rings is 1. The van der Waals surface area contributed by atoms with Crippen LogP contribution in [0.5, 0.6) is 11.5 Å². The van der Waals surface area contributed by atoms with Crippen LogP contribution >= 0.6 is 0 Å². The van der Waals surface area contributed by atoms with Gasteiger partial charge in [-0.05, 0) is 36.4 Å². The lowest BCUT2D eigenvalue weighted by atomic mass is 10.1. The van der Waals surface area contributed by atoms with Gasteiger partial charge in [-0.1, -0.05) is 24.3 Å². The summed E-state index contributed by atoms with van der Waals surface area (Å²) in [6.07, 6.45) is 1.93. The summed E-state index contributed by atoms with van der Waals surface area (Å²) in [7, 11) is -0.546. The van der Waals surface area contributed by atoms with E-state index in [9.17, 15) is 8.42 Å². The monoisotopic (exact) mass is 438 g/mol. The van der Waals surface area contributed by atoms with Crippen LogP contribution in [0.3, 0.4) is 0 Å². The van der Waals surface area contributed by atoms with Crippen molar-refractivity contribution in [3.8, 4) is 23.0 Å². The summed E-state index contributed by atoms with van der Waals surface area (Å²) in [6, 6.07) is 17.8. The van der Waals surface area contributed by atoms with Gasteiger partial charge in [-0.2, -0.15) is 0 Å². The molecule has 4 rings (SSSR count). The maximum Gasteiger partial charge on any atom is 0.241 e. The minimum absolute atomic E-state index is 0.192. The molecule has 31 heavy (non-hydrogen) atoms. The largest absolute Gasteiger partial charge is 0.497 e. The third-order valence-electron chi connectivity index (χ3n) is 4.92. The van der Waals surface area contributed by atoms with E-state index >= 15 is 0 Å². The van der Waals surface area contributed by atoms with Gasteiger partial charge in [-0.25, -0.2) is 18.1 Å². The third kappa shape index (κ3) is 4.40. The Bertz CT molecular complexity index is 1300. The van der Waals surface area contributed by atoms with E-state index in [1.54, 1.807) is 38.5 Å². The molecule has 7 nitrogen and oxygen atoms in total. The summed E-state index contributed by atoms with van der Waals surface area (Å²) in [5, 5.41) is 1.35. The van der Waals surface area contributed by atoms with Crippen molar-refractivity contribution in [1.82, 2.24) is 9.71 Å². The Morgan fingerprint density at radius 3 is 2.39 bits per heavy atom. The van der Waals surface area contributed by atoms with Crippen LogP contribution in [0.15, 0.2) is 76.2 Å². The van der Waals surface area contributed by atoms with Crippen molar-refractivity contribution in [2.24, 2.45) is 0 Å². The zero-order valence-corrected chi connectivity index (χ0v) is 18.0. The van der Waals surface area contributed by atoms with Crippen molar-refractivity contribution in [3.63, 3.8) is 0 Å². The van der Waals surface area contributed by atoms with Crippen molar-refractivity contribution in [2.45, 2.75) is 11.3 Å². The maximum atomic E-state index is 12.9. The van der Waals surface area contributed by atoms with Gasteiger partial charge >= 0.3 is 0 Å². The van der Waals surface area contributed by atoms with Crippen LogP contribution in [-0.4, -0.2) is 34.2 Å². The lowest BCUT2D eigenvalue weighted by Gasteiger charge is -2.11. The number of rotatable bonds is 8. The number of benzene rings is 3. The molecule has 0 aliphatic rings. The van der Waals surface area contributed by atoms with Gasteiger partial charge < -0.3 is 13.9 Å². The van der Waals surface area contributed by atoms with Gasteiger partial charge in [0.1, 0.15) is 17.8 Å². The molecule has 0 bridgehead atoms. The Kier molecular flexibility index (Phi) is 5.92. The van der Waals surface area contributed by atoms with Crippen molar-refractivity contribution < 1.29 is 22.3 Å². The van der Waals surface area contributed by atoms with Gasteiger partial charge in [0.25, 0.3) is 0 Å². The number of methoxy groups -OCH3 is 2. The van der Waals surface area contributed by atoms with Gasteiger partial charge in [0.05, 0.1) is 24.8 Å². The van der Waals surface area contributed by atoms with Crippen molar-refractivity contribution in [3.05, 3.63) is 72.6 Å². The zero-order valence-electron chi connectivity index (χ0n) is 17.2. The van der Waals surface area contributed by atoms with Gasteiger partial charge in [-0.3, -0.25) is 0 Å². The van der Waals surface area contributed by atoms with E-state index in [1.807, 2.05) is 36.4 Å². The number of hydrogen-bond acceptors (Lipinski definition) is 6. The van der Waals surface area contributed by atoms with E-state index in [0.717, 1.165) is 16.7 Å². The first-order valence-corrected chi connectivity index (χ1v) is 11.1. The van der Waals surface area contributed by atoms with E-state index in [2.05, 4.69) is 9.71 Å². The molecular formula is C23H22N2O5S. The second-order valence-corrected chi connectivity index (χ2v) is 8.57. The van der Waals surface area contributed by atoms with E-state index in [4.69, 9.17) is 13.9 Å². The average molecular weight is 439 g/mol. The van der Waals surface area contributed by atoms with Crippen LogP contribution in [0, 0.1) is 0 Å². The maximum absolute atomic E-state index is 12.9. The second kappa shape index (κ2) is 8.79. The molecule has 0 fully saturated rings. The number of nitrogens with one attached hydrogen (secondary N) is 1. The third-order valence-corrected chi connectivity index (χ3v) is 6.43. The Hall–Kier alpha value is -3.36.